The molecule has 1 aliphatic carbocycles. The van der Waals surface area contributed by atoms with Gasteiger partial charge in [0, 0.05) is 5.92 Å². The molecule has 0 aromatic heterocycles. The maximum atomic E-state index is 7.01. The predicted molar refractivity (Wildman–Crippen MR) is 108 cm³/mol. The highest BCUT2D eigenvalue weighted by Gasteiger charge is 2.43. The number of hydrogen-bond acceptors (Lipinski definition) is 1. The molecule has 0 aliphatic heterocycles. The van der Waals surface area contributed by atoms with Crippen molar-refractivity contribution in [3.8, 4) is 0 Å². The van der Waals surface area contributed by atoms with E-state index in [2.05, 4.69) is 78.0 Å². The Morgan fingerprint density at radius 2 is 1.62 bits per heavy atom. The fourth-order valence-corrected chi connectivity index (χ4v) is 7.65. The zero-order valence-corrected chi connectivity index (χ0v) is 17.6. The molecular weight excluding hydrogens is 308 g/mol. The van der Waals surface area contributed by atoms with Crippen LogP contribution in [0.15, 0.2) is 42.0 Å². The van der Waals surface area contributed by atoms with Crippen molar-refractivity contribution in [2.24, 2.45) is 5.92 Å². The molecule has 2 atom stereocenters. The van der Waals surface area contributed by atoms with E-state index in [9.17, 15) is 0 Å². The third-order valence-corrected chi connectivity index (χ3v) is 11.1. The van der Waals surface area contributed by atoms with Crippen LogP contribution in [0.1, 0.15) is 65.9 Å². The van der Waals surface area contributed by atoms with E-state index >= 15 is 0 Å². The minimum absolute atomic E-state index is 0.0635. The zero-order chi connectivity index (χ0) is 17.8. The largest absolute Gasteiger partial charge is 0.412 e. The molecular formula is C22H36OSi. The van der Waals surface area contributed by atoms with E-state index < -0.39 is 8.32 Å². The van der Waals surface area contributed by atoms with Crippen molar-refractivity contribution in [1.82, 2.24) is 0 Å². The predicted octanol–water partition coefficient (Wildman–Crippen LogP) is 6.93. The summed E-state index contributed by atoms with van der Waals surface area (Å²) in [4.78, 5) is 0. The quantitative estimate of drug-likeness (QED) is 0.385. The molecule has 1 nitrogen and oxygen atoms in total. The maximum Gasteiger partial charge on any atom is 0.192 e. The fourth-order valence-electron chi connectivity index (χ4n) is 4.45. The number of allylic oxidation sites excluding steroid dienone is 2. The first-order chi connectivity index (χ1) is 11.4. The van der Waals surface area contributed by atoms with Gasteiger partial charge in [0.1, 0.15) is 0 Å². The summed E-state index contributed by atoms with van der Waals surface area (Å²) >= 11 is 0. The Hall–Kier alpha value is -0.863. The average molecular weight is 345 g/mol. The molecule has 0 saturated heterocycles. The molecule has 1 aliphatic rings. The van der Waals surface area contributed by atoms with E-state index in [1.807, 2.05) is 0 Å². The lowest BCUT2D eigenvalue weighted by Gasteiger charge is -2.46. The second-order valence-corrected chi connectivity index (χ2v) is 12.7. The van der Waals surface area contributed by atoms with Crippen molar-refractivity contribution in [2.45, 2.75) is 84.0 Å². The average Bonchev–Trinajstić information content (AvgIpc) is 2.60. The Morgan fingerprint density at radius 3 is 2.17 bits per heavy atom. The van der Waals surface area contributed by atoms with Crippen LogP contribution in [-0.4, -0.2) is 13.9 Å². The molecule has 0 bridgehead atoms. The lowest BCUT2D eigenvalue weighted by Crippen LogP contribution is -2.49. The first kappa shape index (κ1) is 19.5. The van der Waals surface area contributed by atoms with Gasteiger partial charge in [-0.15, -0.1) is 0 Å². The summed E-state index contributed by atoms with van der Waals surface area (Å²) in [5.74, 6) is 1.03. The molecule has 1 aromatic rings. The topological polar surface area (TPSA) is 9.23 Å². The Bertz CT molecular complexity index is 534. The van der Waals surface area contributed by atoms with E-state index in [0.29, 0.717) is 11.8 Å². The van der Waals surface area contributed by atoms with E-state index in [0.717, 1.165) is 0 Å². The van der Waals surface area contributed by atoms with Gasteiger partial charge in [0.2, 0.25) is 0 Å². The Morgan fingerprint density at radius 1 is 1.04 bits per heavy atom. The molecule has 0 saturated carbocycles. The van der Waals surface area contributed by atoms with Crippen molar-refractivity contribution in [3.05, 3.63) is 47.5 Å². The Balaban J connectivity index is 2.33. The fraction of sp³-hybridized carbons (Fsp3) is 0.636. The first-order valence-electron chi connectivity index (χ1n) is 9.80. The van der Waals surface area contributed by atoms with Crippen molar-refractivity contribution in [3.63, 3.8) is 0 Å². The SMILES string of the molecule is CC[Si](CC)(CC)OC(C)(C)[C@@H]1CCC(C)=C[C@H]1c1ccccc1. The highest BCUT2D eigenvalue weighted by atomic mass is 28.4. The van der Waals surface area contributed by atoms with Gasteiger partial charge in [0.25, 0.3) is 0 Å². The highest BCUT2D eigenvalue weighted by Crippen LogP contribution is 2.45. The van der Waals surface area contributed by atoms with Crippen LogP contribution in [0.3, 0.4) is 0 Å². The van der Waals surface area contributed by atoms with Crippen LogP contribution in [0.4, 0.5) is 0 Å². The second kappa shape index (κ2) is 8.01. The third kappa shape index (κ3) is 4.21. The maximum absolute atomic E-state index is 7.01. The number of rotatable bonds is 7. The van der Waals surface area contributed by atoms with Crippen LogP contribution < -0.4 is 0 Å². The molecule has 0 fully saturated rings. The molecule has 0 radical (unpaired) electrons. The summed E-state index contributed by atoms with van der Waals surface area (Å²) in [6.07, 6.45) is 4.94. The molecule has 2 heteroatoms. The molecule has 0 heterocycles. The molecule has 2 rings (SSSR count). The highest BCUT2D eigenvalue weighted by molar-refractivity contribution is 6.73. The normalized spacial score (nSPS) is 22.3. The third-order valence-electron chi connectivity index (χ3n) is 6.24. The van der Waals surface area contributed by atoms with Crippen molar-refractivity contribution in [2.75, 3.05) is 0 Å². The van der Waals surface area contributed by atoms with Crippen LogP contribution in [0.25, 0.3) is 0 Å². The van der Waals surface area contributed by atoms with Gasteiger partial charge < -0.3 is 4.43 Å². The van der Waals surface area contributed by atoms with Gasteiger partial charge in [-0.05, 0) is 63.2 Å². The second-order valence-electron chi connectivity index (χ2n) is 8.04. The zero-order valence-electron chi connectivity index (χ0n) is 16.6. The molecule has 0 amide bonds. The van der Waals surface area contributed by atoms with Gasteiger partial charge >= 0.3 is 0 Å². The summed E-state index contributed by atoms with van der Waals surface area (Å²) in [6, 6.07) is 14.7. The number of hydrogen-bond donors (Lipinski definition) is 0. The minimum Gasteiger partial charge on any atom is -0.412 e. The lowest BCUT2D eigenvalue weighted by atomic mass is 9.70. The van der Waals surface area contributed by atoms with Crippen molar-refractivity contribution >= 4 is 8.32 Å². The van der Waals surface area contributed by atoms with Gasteiger partial charge in [-0.3, -0.25) is 0 Å². The van der Waals surface area contributed by atoms with Gasteiger partial charge in [-0.2, -0.15) is 0 Å². The summed E-state index contributed by atoms with van der Waals surface area (Å²) in [6.45, 7) is 14.0. The van der Waals surface area contributed by atoms with Gasteiger partial charge in [0.15, 0.2) is 8.32 Å². The standard InChI is InChI=1S/C22H36OSi/c1-7-24(8-2,9-3)23-22(5,6)21-16-15-18(4)17-20(21)19-13-11-10-12-14-19/h10-14,17,20-21H,7-9,15-16H2,1-6H3/t20-,21+/m0/s1. The summed E-state index contributed by atoms with van der Waals surface area (Å²) in [7, 11) is -1.61. The minimum atomic E-state index is -1.61. The van der Waals surface area contributed by atoms with Crippen LogP contribution in [0.5, 0.6) is 0 Å². The van der Waals surface area contributed by atoms with E-state index in [1.54, 1.807) is 0 Å². The van der Waals surface area contributed by atoms with Gasteiger partial charge in [-0.1, -0.05) is 62.8 Å². The van der Waals surface area contributed by atoms with E-state index in [1.165, 1.54) is 42.1 Å². The van der Waals surface area contributed by atoms with Crippen LogP contribution >= 0.6 is 0 Å². The monoisotopic (exact) mass is 344 g/mol. The molecule has 0 spiro atoms. The van der Waals surface area contributed by atoms with E-state index in [-0.39, 0.29) is 5.60 Å². The van der Waals surface area contributed by atoms with E-state index in [4.69, 9.17) is 4.43 Å². The van der Waals surface area contributed by atoms with Crippen molar-refractivity contribution < 1.29 is 4.43 Å². The molecule has 24 heavy (non-hydrogen) atoms. The number of benzene rings is 1. The van der Waals surface area contributed by atoms with Gasteiger partial charge in [-0.25, -0.2) is 0 Å². The van der Waals surface area contributed by atoms with Crippen molar-refractivity contribution in [1.29, 1.82) is 0 Å². The Kier molecular flexibility index (Phi) is 6.50. The Labute approximate surface area is 150 Å². The first-order valence-corrected chi connectivity index (χ1v) is 12.3. The van der Waals surface area contributed by atoms with Gasteiger partial charge in [0.05, 0.1) is 5.60 Å². The molecule has 0 unspecified atom stereocenters. The summed E-state index contributed by atoms with van der Waals surface area (Å²) in [5, 5.41) is 0. The lowest BCUT2D eigenvalue weighted by molar-refractivity contribution is 0.0187. The molecule has 134 valence electrons. The van der Waals surface area contributed by atoms with Crippen LogP contribution in [-0.2, 0) is 4.43 Å². The molecule has 1 aromatic carbocycles. The smallest absolute Gasteiger partial charge is 0.192 e. The summed E-state index contributed by atoms with van der Waals surface area (Å²) in [5.41, 5.74) is 2.90. The van der Waals surface area contributed by atoms with Crippen LogP contribution in [0.2, 0.25) is 18.1 Å². The molecule has 0 N–H and O–H groups in total. The van der Waals surface area contributed by atoms with Crippen LogP contribution in [0, 0.1) is 5.92 Å². The summed E-state index contributed by atoms with van der Waals surface area (Å²) < 4.78 is 7.01.